The maximum Gasteiger partial charge on any atom is 0.340 e. The molecule has 35 heavy (non-hydrogen) atoms. The molecule has 5 rings (SSSR count). The van der Waals surface area contributed by atoms with Gasteiger partial charge in [-0.05, 0) is 25.1 Å². The van der Waals surface area contributed by atoms with Crippen LogP contribution < -0.4 is 0 Å². The molecule has 0 N–H and O–H groups in total. The molecule has 6 nitrogen and oxygen atoms in total. The summed E-state index contributed by atoms with van der Waals surface area (Å²) >= 11 is 0. The smallest absolute Gasteiger partial charge is 0.340 e. The summed E-state index contributed by atoms with van der Waals surface area (Å²) in [5.41, 5.74) is 4.28. The van der Waals surface area contributed by atoms with E-state index in [9.17, 15) is 9.59 Å². The highest BCUT2D eigenvalue weighted by Crippen LogP contribution is 2.29. The van der Waals surface area contributed by atoms with E-state index >= 15 is 0 Å². The Morgan fingerprint density at radius 3 is 2.31 bits per heavy atom. The minimum atomic E-state index is -1.05. The van der Waals surface area contributed by atoms with Crippen molar-refractivity contribution in [3.8, 4) is 11.3 Å². The van der Waals surface area contributed by atoms with E-state index in [0.717, 1.165) is 11.1 Å². The third-order valence-electron chi connectivity index (χ3n) is 6.13. The van der Waals surface area contributed by atoms with E-state index in [-0.39, 0.29) is 5.91 Å². The lowest BCUT2D eigenvalue weighted by Gasteiger charge is -2.30. The van der Waals surface area contributed by atoms with Crippen molar-refractivity contribution in [3.05, 3.63) is 102 Å². The fourth-order valence-corrected chi connectivity index (χ4v) is 4.27. The van der Waals surface area contributed by atoms with Crippen molar-refractivity contribution in [2.75, 3.05) is 26.3 Å². The van der Waals surface area contributed by atoms with Crippen molar-refractivity contribution >= 4 is 22.8 Å². The molecule has 4 aromatic rings. The van der Waals surface area contributed by atoms with Crippen LogP contribution in [-0.2, 0) is 14.3 Å². The predicted molar refractivity (Wildman–Crippen MR) is 134 cm³/mol. The molecule has 1 amide bonds. The van der Waals surface area contributed by atoms with Crippen LogP contribution in [0.2, 0.25) is 0 Å². The lowest BCUT2D eigenvalue weighted by Crippen LogP contribution is -2.44. The normalized spacial score (nSPS) is 14.5. The molecule has 0 saturated carbocycles. The molecule has 1 aliphatic rings. The number of rotatable bonds is 5. The summed E-state index contributed by atoms with van der Waals surface area (Å²) < 4.78 is 11.4. The standard InChI is InChI=1S/C29H26N2O4/c1-20-12-13-25-23(18-20)24(19-26(30-25)21-8-4-2-5-9-21)29(33)35-27(22-10-6-3-7-11-22)28(32)31-14-16-34-17-15-31/h2-13,18-19,27H,14-17H2,1H3. The Morgan fingerprint density at radius 1 is 0.914 bits per heavy atom. The molecule has 2 heterocycles. The predicted octanol–water partition coefficient (Wildman–Crippen LogP) is 4.97. The SMILES string of the molecule is Cc1ccc2nc(-c3ccccc3)cc(C(=O)OC(C(=O)N3CCOCC3)c3ccccc3)c2c1. The molecule has 1 fully saturated rings. The van der Waals surface area contributed by atoms with Gasteiger partial charge in [0.1, 0.15) is 0 Å². The first kappa shape index (κ1) is 22.7. The summed E-state index contributed by atoms with van der Waals surface area (Å²) in [7, 11) is 0. The number of amides is 1. The van der Waals surface area contributed by atoms with Crippen LogP contribution in [0.25, 0.3) is 22.2 Å². The molecule has 0 aliphatic carbocycles. The Labute approximate surface area is 204 Å². The second-order valence-corrected chi connectivity index (χ2v) is 8.58. The molecule has 1 saturated heterocycles. The van der Waals surface area contributed by atoms with Crippen LogP contribution >= 0.6 is 0 Å². The Balaban J connectivity index is 1.55. The van der Waals surface area contributed by atoms with Gasteiger partial charge in [0.2, 0.25) is 6.10 Å². The third kappa shape index (κ3) is 4.93. The van der Waals surface area contributed by atoms with Crippen LogP contribution in [0, 0.1) is 6.92 Å². The number of esters is 1. The molecule has 1 aromatic heterocycles. The first-order valence-electron chi connectivity index (χ1n) is 11.7. The highest BCUT2D eigenvalue weighted by atomic mass is 16.5. The molecule has 1 aliphatic heterocycles. The summed E-state index contributed by atoms with van der Waals surface area (Å²) in [5, 5.41) is 0.695. The number of nitrogens with zero attached hydrogens (tertiary/aromatic N) is 2. The topological polar surface area (TPSA) is 68.7 Å². The van der Waals surface area contributed by atoms with Crippen molar-refractivity contribution in [1.82, 2.24) is 9.88 Å². The van der Waals surface area contributed by atoms with Crippen LogP contribution in [0.5, 0.6) is 0 Å². The van der Waals surface area contributed by atoms with E-state index < -0.39 is 12.1 Å². The van der Waals surface area contributed by atoms with Gasteiger partial charge in [-0.3, -0.25) is 4.79 Å². The van der Waals surface area contributed by atoms with Crippen molar-refractivity contribution in [2.24, 2.45) is 0 Å². The Bertz CT molecular complexity index is 1350. The lowest BCUT2D eigenvalue weighted by molar-refractivity contribution is -0.145. The van der Waals surface area contributed by atoms with Crippen LogP contribution in [-0.4, -0.2) is 48.1 Å². The van der Waals surface area contributed by atoms with Crippen molar-refractivity contribution in [3.63, 3.8) is 0 Å². The number of ether oxygens (including phenoxy) is 2. The number of morpholine rings is 1. The summed E-state index contributed by atoms with van der Waals surface area (Å²) in [6.45, 7) is 3.84. The van der Waals surface area contributed by atoms with Gasteiger partial charge in [0.15, 0.2) is 0 Å². The Morgan fingerprint density at radius 2 is 1.60 bits per heavy atom. The number of pyridine rings is 1. The second-order valence-electron chi connectivity index (χ2n) is 8.58. The summed E-state index contributed by atoms with van der Waals surface area (Å²) in [6.07, 6.45) is -1.05. The molecule has 6 heteroatoms. The quantitative estimate of drug-likeness (QED) is 0.389. The van der Waals surface area contributed by atoms with Gasteiger partial charge in [-0.2, -0.15) is 0 Å². The molecule has 1 atom stereocenters. The van der Waals surface area contributed by atoms with Gasteiger partial charge in [-0.25, -0.2) is 9.78 Å². The van der Waals surface area contributed by atoms with E-state index in [1.807, 2.05) is 73.7 Å². The Kier molecular flexibility index (Phi) is 6.55. The van der Waals surface area contributed by atoms with Crippen LogP contribution in [0.3, 0.4) is 0 Å². The zero-order chi connectivity index (χ0) is 24.2. The maximum atomic E-state index is 13.7. The minimum absolute atomic E-state index is 0.245. The van der Waals surface area contributed by atoms with E-state index in [4.69, 9.17) is 14.5 Å². The summed E-state index contributed by atoms with van der Waals surface area (Å²) in [6, 6.07) is 26.4. The minimum Gasteiger partial charge on any atom is -0.444 e. The van der Waals surface area contributed by atoms with Gasteiger partial charge >= 0.3 is 5.97 Å². The summed E-state index contributed by atoms with van der Waals surface area (Å²) in [4.78, 5) is 33.6. The number of hydrogen-bond acceptors (Lipinski definition) is 5. The zero-order valence-electron chi connectivity index (χ0n) is 19.5. The van der Waals surface area contributed by atoms with E-state index in [2.05, 4.69) is 0 Å². The van der Waals surface area contributed by atoms with Gasteiger partial charge in [-0.1, -0.05) is 72.3 Å². The highest BCUT2D eigenvalue weighted by Gasteiger charge is 2.31. The molecular weight excluding hydrogens is 440 g/mol. The first-order valence-corrected chi connectivity index (χ1v) is 11.7. The number of aromatic nitrogens is 1. The molecule has 0 spiro atoms. The number of aryl methyl sites for hydroxylation is 1. The van der Waals surface area contributed by atoms with Gasteiger partial charge in [0.05, 0.1) is 30.0 Å². The largest absolute Gasteiger partial charge is 0.444 e. The fourth-order valence-electron chi connectivity index (χ4n) is 4.27. The molecule has 0 radical (unpaired) electrons. The molecule has 0 bridgehead atoms. The number of carbonyl (C=O) groups excluding carboxylic acids is 2. The van der Waals surface area contributed by atoms with Crippen molar-refractivity contribution in [1.29, 1.82) is 0 Å². The number of fused-ring (bicyclic) bond motifs is 1. The highest BCUT2D eigenvalue weighted by molar-refractivity contribution is 6.05. The number of benzene rings is 3. The van der Waals surface area contributed by atoms with Crippen LogP contribution in [0.1, 0.15) is 27.6 Å². The third-order valence-corrected chi connectivity index (χ3v) is 6.13. The second kappa shape index (κ2) is 10.1. The number of carbonyl (C=O) groups is 2. The van der Waals surface area contributed by atoms with Crippen LogP contribution in [0.4, 0.5) is 0 Å². The average molecular weight is 467 g/mol. The van der Waals surface area contributed by atoms with E-state index in [1.54, 1.807) is 23.1 Å². The maximum absolute atomic E-state index is 13.7. The monoisotopic (exact) mass is 466 g/mol. The van der Waals surface area contributed by atoms with Gasteiger partial charge in [-0.15, -0.1) is 0 Å². The fraction of sp³-hybridized carbons (Fsp3) is 0.207. The van der Waals surface area contributed by atoms with Crippen LogP contribution in [0.15, 0.2) is 84.9 Å². The first-order chi connectivity index (χ1) is 17.1. The lowest BCUT2D eigenvalue weighted by atomic mass is 10.0. The van der Waals surface area contributed by atoms with Crippen molar-refractivity contribution < 1.29 is 19.1 Å². The Hall–Kier alpha value is -4.03. The van der Waals surface area contributed by atoms with E-state index in [0.29, 0.717) is 54.0 Å². The molecule has 3 aromatic carbocycles. The van der Waals surface area contributed by atoms with Gasteiger partial charge in [0.25, 0.3) is 5.91 Å². The molecule has 1 unspecified atom stereocenters. The average Bonchev–Trinajstić information content (AvgIpc) is 2.92. The zero-order valence-corrected chi connectivity index (χ0v) is 19.5. The molecule has 176 valence electrons. The van der Waals surface area contributed by atoms with Crippen molar-refractivity contribution in [2.45, 2.75) is 13.0 Å². The summed E-state index contributed by atoms with van der Waals surface area (Å²) in [5.74, 6) is -0.804. The van der Waals surface area contributed by atoms with Gasteiger partial charge in [0, 0.05) is 29.6 Å². The molecular formula is C29H26N2O4. The van der Waals surface area contributed by atoms with Gasteiger partial charge < -0.3 is 14.4 Å². The number of hydrogen-bond donors (Lipinski definition) is 0. The van der Waals surface area contributed by atoms with E-state index in [1.165, 1.54) is 0 Å².